The number of aromatic nitrogens is 3. The molecule has 0 saturated heterocycles. The average molecular weight is 227 g/mol. The van der Waals surface area contributed by atoms with Gasteiger partial charge >= 0.3 is 0 Å². The summed E-state index contributed by atoms with van der Waals surface area (Å²) < 4.78 is 1.75. The number of anilines is 1. The third-order valence-electron chi connectivity index (χ3n) is 2.51. The summed E-state index contributed by atoms with van der Waals surface area (Å²) in [5.74, 6) is 0. The summed E-state index contributed by atoms with van der Waals surface area (Å²) in [7, 11) is 0. The number of nitrogens with zero attached hydrogens (tertiary/aromatic N) is 4. The summed E-state index contributed by atoms with van der Waals surface area (Å²) in [5.41, 5.74) is 2.64. The largest absolute Gasteiger partial charge is 0.382 e. The normalized spacial score (nSPS) is 9.88. The smallest absolute Gasteiger partial charge is 0.101 e. The van der Waals surface area contributed by atoms with E-state index in [1.165, 1.54) is 0 Å². The summed E-state index contributed by atoms with van der Waals surface area (Å²) in [5, 5.41) is 19.9. The Bertz CT molecular complexity index is 524. The molecule has 0 radical (unpaired) electrons. The van der Waals surface area contributed by atoms with Crippen molar-refractivity contribution in [3.05, 3.63) is 41.7 Å². The monoisotopic (exact) mass is 227 g/mol. The molecule has 0 unspecified atom stereocenters. The zero-order chi connectivity index (χ0) is 12.1. The minimum atomic E-state index is 0.670. The average Bonchev–Trinajstić information content (AvgIpc) is 2.84. The third kappa shape index (κ3) is 2.61. The molecule has 0 aliphatic heterocycles. The first-order valence-electron chi connectivity index (χ1n) is 5.39. The zero-order valence-corrected chi connectivity index (χ0v) is 9.59. The van der Waals surface area contributed by atoms with Gasteiger partial charge in [-0.05, 0) is 18.6 Å². The predicted octanol–water partition coefficient (Wildman–Crippen LogP) is 1.57. The number of hydrogen-bond acceptors (Lipinski definition) is 4. The molecule has 17 heavy (non-hydrogen) atoms. The molecule has 0 spiro atoms. The summed E-state index contributed by atoms with van der Waals surface area (Å²) in [6, 6.07) is 7.86. The highest BCUT2D eigenvalue weighted by Crippen LogP contribution is 2.19. The van der Waals surface area contributed by atoms with Crippen molar-refractivity contribution >= 4 is 5.69 Å². The van der Waals surface area contributed by atoms with Crippen molar-refractivity contribution in [2.45, 2.75) is 13.5 Å². The molecular formula is C12H13N5. The highest BCUT2D eigenvalue weighted by Gasteiger charge is 2.03. The summed E-state index contributed by atoms with van der Waals surface area (Å²) in [6.07, 6.45) is 3.46. The lowest BCUT2D eigenvalue weighted by atomic mass is 10.1. The van der Waals surface area contributed by atoms with Crippen molar-refractivity contribution in [3.8, 4) is 6.07 Å². The van der Waals surface area contributed by atoms with E-state index in [1.54, 1.807) is 10.9 Å². The van der Waals surface area contributed by atoms with Crippen LogP contribution in [0.25, 0.3) is 0 Å². The predicted molar refractivity (Wildman–Crippen MR) is 64.4 cm³/mol. The molecular weight excluding hydrogens is 214 g/mol. The van der Waals surface area contributed by atoms with Crippen LogP contribution in [0, 0.1) is 18.3 Å². The van der Waals surface area contributed by atoms with Crippen LogP contribution in [0.5, 0.6) is 0 Å². The number of hydrogen-bond donors (Lipinski definition) is 1. The molecule has 5 nitrogen and oxygen atoms in total. The van der Waals surface area contributed by atoms with E-state index < -0.39 is 0 Å². The SMILES string of the molecule is Cc1cccc(C#N)c1NCCn1ccnn1. The molecule has 0 fully saturated rings. The van der Waals surface area contributed by atoms with Gasteiger partial charge in [0.1, 0.15) is 6.07 Å². The maximum Gasteiger partial charge on any atom is 0.101 e. The van der Waals surface area contributed by atoms with E-state index in [4.69, 9.17) is 5.26 Å². The summed E-state index contributed by atoms with van der Waals surface area (Å²) >= 11 is 0. The molecule has 0 aliphatic rings. The Morgan fingerprint density at radius 2 is 2.35 bits per heavy atom. The molecule has 0 saturated carbocycles. The molecule has 1 aromatic carbocycles. The fraction of sp³-hybridized carbons (Fsp3) is 0.250. The van der Waals surface area contributed by atoms with Crippen LogP contribution in [0.15, 0.2) is 30.6 Å². The van der Waals surface area contributed by atoms with Crippen LogP contribution in [-0.2, 0) is 6.54 Å². The van der Waals surface area contributed by atoms with Crippen molar-refractivity contribution in [1.82, 2.24) is 15.0 Å². The molecule has 5 heteroatoms. The molecule has 1 heterocycles. The van der Waals surface area contributed by atoms with Gasteiger partial charge < -0.3 is 5.32 Å². The quantitative estimate of drug-likeness (QED) is 0.861. The molecule has 1 N–H and O–H groups in total. The lowest BCUT2D eigenvalue weighted by Crippen LogP contribution is -2.12. The zero-order valence-electron chi connectivity index (χ0n) is 9.59. The van der Waals surface area contributed by atoms with Gasteiger partial charge in [-0.25, -0.2) is 0 Å². The second-order valence-corrected chi connectivity index (χ2v) is 3.70. The highest BCUT2D eigenvalue weighted by atomic mass is 15.4. The van der Waals surface area contributed by atoms with Crippen molar-refractivity contribution in [2.75, 3.05) is 11.9 Å². The number of nitriles is 1. The number of rotatable bonds is 4. The van der Waals surface area contributed by atoms with Crippen molar-refractivity contribution in [3.63, 3.8) is 0 Å². The minimum Gasteiger partial charge on any atom is -0.382 e. The van der Waals surface area contributed by atoms with Gasteiger partial charge in [0.05, 0.1) is 24.0 Å². The van der Waals surface area contributed by atoms with E-state index in [0.29, 0.717) is 12.1 Å². The van der Waals surface area contributed by atoms with E-state index in [1.807, 2.05) is 31.3 Å². The molecule has 0 aliphatic carbocycles. The first-order valence-corrected chi connectivity index (χ1v) is 5.39. The van der Waals surface area contributed by atoms with Crippen LogP contribution in [0.4, 0.5) is 5.69 Å². The van der Waals surface area contributed by atoms with Gasteiger partial charge in [-0.2, -0.15) is 5.26 Å². The topological polar surface area (TPSA) is 66.5 Å². The Labute approximate surface area is 99.7 Å². The Morgan fingerprint density at radius 3 is 3.06 bits per heavy atom. The van der Waals surface area contributed by atoms with Crippen LogP contribution in [-0.4, -0.2) is 21.5 Å². The number of nitrogens with one attached hydrogen (secondary N) is 1. The second-order valence-electron chi connectivity index (χ2n) is 3.70. The van der Waals surface area contributed by atoms with Gasteiger partial charge in [0.15, 0.2) is 0 Å². The lowest BCUT2D eigenvalue weighted by Gasteiger charge is -2.10. The Balaban J connectivity index is 2.02. The maximum atomic E-state index is 9.01. The number of para-hydroxylation sites is 1. The van der Waals surface area contributed by atoms with Gasteiger partial charge in [0, 0.05) is 12.7 Å². The van der Waals surface area contributed by atoms with Crippen LogP contribution < -0.4 is 5.32 Å². The summed E-state index contributed by atoms with van der Waals surface area (Å²) in [4.78, 5) is 0. The first kappa shape index (κ1) is 11.1. The summed E-state index contributed by atoms with van der Waals surface area (Å²) in [6.45, 7) is 3.42. The van der Waals surface area contributed by atoms with E-state index in [0.717, 1.165) is 17.8 Å². The Morgan fingerprint density at radius 1 is 1.47 bits per heavy atom. The maximum absolute atomic E-state index is 9.01. The van der Waals surface area contributed by atoms with E-state index in [-0.39, 0.29) is 0 Å². The van der Waals surface area contributed by atoms with Gasteiger partial charge in [-0.15, -0.1) is 5.10 Å². The number of aryl methyl sites for hydroxylation is 1. The van der Waals surface area contributed by atoms with Crippen LogP contribution in [0.2, 0.25) is 0 Å². The van der Waals surface area contributed by atoms with Gasteiger partial charge in [-0.1, -0.05) is 17.3 Å². The van der Waals surface area contributed by atoms with E-state index in [9.17, 15) is 0 Å². The number of benzene rings is 1. The van der Waals surface area contributed by atoms with Crippen LogP contribution in [0.3, 0.4) is 0 Å². The lowest BCUT2D eigenvalue weighted by molar-refractivity contribution is 0.609. The molecule has 2 aromatic rings. The van der Waals surface area contributed by atoms with Crippen molar-refractivity contribution < 1.29 is 0 Å². The van der Waals surface area contributed by atoms with Crippen LogP contribution in [0.1, 0.15) is 11.1 Å². The van der Waals surface area contributed by atoms with Gasteiger partial charge in [0.25, 0.3) is 0 Å². The minimum absolute atomic E-state index is 0.670. The first-order chi connectivity index (χ1) is 8.31. The van der Waals surface area contributed by atoms with Gasteiger partial charge in [0.2, 0.25) is 0 Å². The van der Waals surface area contributed by atoms with Gasteiger partial charge in [-0.3, -0.25) is 4.68 Å². The Kier molecular flexibility index (Phi) is 3.36. The van der Waals surface area contributed by atoms with E-state index in [2.05, 4.69) is 21.7 Å². The molecule has 0 bridgehead atoms. The molecule has 86 valence electrons. The Hall–Kier alpha value is -2.35. The van der Waals surface area contributed by atoms with Crippen molar-refractivity contribution in [2.24, 2.45) is 0 Å². The molecule has 1 aromatic heterocycles. The third-order valence-corrected chi connectivity index (χ3v) is 2.51. The molecule has 2 rings (SSSR count). The second kappa shape index (κ2) is 5.12. The van der Waals surface area contributed by atoms with Crippen LogP contribution >= 0.6 is 0 Å². The fourth-order valence-corrected chi connectivity index (χ4v) is 1.64. The molecule has 0 amide bonds. The van der Waals surface area contributed by atoms with E-state index >= 15 is 0 Å². The fourth-order valence-electron chi connectivity index (χ4n) is 1.64. The molecule has 0 atom stereocenters. The van der Waals surface area contributed by atoms with Crippen molar-refractivity contribution in [1.29, 1.82) is 5.26 Å². The highest BCUT2D eigenvalue weighted by molar-refractivity contribution is 5.62. The standard InChI is InChI=1S/C12H13N5/c1-10-3-2-4-11(9-13)12(10)14-5-7-17-8-6-15-16-17/h2-4,6,8,14H,5,7H2,1H3.